The van der Waals surface area contributed by atoms with Gasteiger partial charge >= 0.3 is 0 Å². The van der Waals surface area contributed by atoms with Crippen LogP contribution in [-0.2, 0) is 24.1 Å². The summed E-state index contributed by atoms with van der Waals surface area (Å²) in [6.07, 6.45) is 4.85. The maximum absolute atomic E-state index is 12.4. The standard InChI is InChI=1S/C22H27NO3/c1-16(26-21-9-5-7-18-6-3-4-8-20(18)21)22(24)23-15-14-17-10-12-19(25-2)13-11-17/h5,7,9-13,16H,3-4,6,8,14-15H2,1-2H3,(H,23,24)/t16-/m0/s1. The van der Waals surface area contributed by atoms with Crippen molar-refractivity contribution in [1.29, 1.82) is 0 Å². The van der Waals surface area contributed by atoms with E-state index in [2.05, 4.69) is 11.4 Å². The molecule has 0 unspecified atom stereocenters. The Morgan fingerprint density at radius 2 is 1.88 bits per heavy atom. The first kappa shape index (κ1) is 18.3. The predicted octanol–water partition coefficient (Wildman–Crippen LogP) is 3.70. The number of benzene rings is 2. The molecule has 0 aromatic heterocycles. The number of aryl methyl sites for hydroxylation is 1. The first-order valence-electron chi connectivity index (χ1n) is 9.35. The van der Waals surface area contributed by atoms with Crippen LogP contribution in [0.4, 0.5) is 0 Å². The van der Waals surface area contributed by atoms with Crippen LogP contribution in [0.15, 0.2) is 42.5 Å². The van der Waals surface area contributed by atoms with Gasteiger partial charge in [0.25, 0.3) is 5.91 Å². The topological polar surface area (TPSA) is 47.6 Å². The molecule has 1 aliphatic rings. The fourth-order valence-corrected chi connectivity index (χ4v) is 3.37. The predicted molar refractivity (Wildman–Crippen MR) is 103 cm³/mol. The molecule has 4 heteroatoms. The van der Waals surface area contributed by atoms with Gasteiger partial charge in [-0.05, 0) is 73.9 Å². The summed E-state index contributed by atoms with van der Waals surface area (Å²) < 4.78 is 11.1. The van der Waals surface area contributed by atoms with E-state index in [1.165, 1.54) is 24.0 Å². The largest absolute Gasteiger partial charge is 0.497 e. The molecule has 2 aromatic rings. The second-order valence-electron chi connectivity index (χ2n) is 6.75. The van der Waals surface area contributed by atoms with Gasteiger partial charge in [-0.15, -0.1) is 0 Å². The summed E-state index contributed by atoms with van der Waals surface area (Å²) in [5, 5.41) is 2.96. The summed E-state index contributed by atoms with van der Waals surface area (Å²) in [7, 11) is 1.65. The summed E-state index contributed by atoms with van der Waals surface area (Å²) in [6.45, 7) is 2.40. The van der Waals surface area contributed by atoms with E-state index in [0.717, 1.165) is 36.3 Å². The molecular formula is C22H27NO3. The monoisotopic (exact) mass is 353 g/mol. The maximum Gasteiger partial charge on any atom is 0.260 e. The zero-order chi connectivity index (χ0) is 18.4. The number of hydrogen-bond donors (Lipinski definition) is 1. The minimum atomic E-state index is -0.501. The van der Waals surface area contributed by atoms with Crippen molar-refractivity contribution in [2.24, 2.45) is 0 Å². The lowest BCUT2D eigenvalue weighted by atomic mass is 9.91. The zero-order valence-corrected chi connectivity index (χ0v) is 15.6. The van der Waals surface area contributed by atoms with E-state index in [0.29, 0.717) is 6.54 Å². The lowest BCUT2D eigenvalue weighted by Crippen LogP contribution is -2.37. The summed E-state index contributed by atoms with van der Waals surface area (Å²) in [4.78, 5) is 12.4. The SMILES string of the molecule is COc1ccc(CCNC(=O)[C@H](C)Oc2cccc3c2CCCC3)cc1. The zero-order valence-electron chi connectivity index (χ0n) is 15.6. The minimum Gasteiger partial charge on any atom is -0.497 e. The van der Waals surface area contributed by atoms with Gasteiger partial charge in [0.2, 0.25) is 0 Å². The number of carbonyl (C=O) groups excluding carboxylic acids is 1. The normalized spacial score (nSPS) is 14.2. The molecule has 138 valence electrons. The molecule has 3 rings (SSSR count). The second-order valence-corrected chi connectivity index (χ2v) is 6.75. The number of nitrogens with one attached hydrogen (secondary N) is 1. The third kappa shape index (κ3) is 4.57. The molecule has 26 heavy (non-hydrogen) atoms. The number of rotatable bonds is 7. The molecular weight excluding hydrogens is 326 g/mol. The van der Waals surface area contributed by atoms with Crippen molar-refractivity contribution in [1.82, 2.24) is 5.32 Å². The second kappa shape index (κ2) is 8.75. The van der Waals surface area contributed by atoms with Crippen molar-refractivity contribution in [3.8, 4) is 11.5 Å². The summed E-state index contributed by atoms with van der Waals surface area (Å²) in [5.74, 6) is 1.62. The van der Waals surface area contributed by atoms with Gasteiger partial charge in [-0.2, -0.15) is 0 Å². The fraction of sp³-hybridized carbons (Fsp3) is 0.409. The van der Waals surface area contributed by atoms with Crippen LogP contribution in [-0.4, -0.2) is 25.7 Å². The van der Waals surface area contributed by atoms with Crippen LogP contribution in [0.5, 0.6) is 11.5 Å². The first-order valence-corrected chi connectivity index (χ1v) is 9.35. The number of methoxy groups -OCH3 is 1. The Hall–Kier alpha value is -2.49. The molecule has 1 aliphatic carbocycles. The van der Waals surface area contributed by atoms with Crippen LogP contribution in [0, 0.1) is 0 Å². The van der Waals surface area contributed by atoms with Crippen LogP contribution >= 0.6 is 0 Å². The minimum absolute atomic E-state index is 0.0769. The number of amides is 1. The molecule has 0 bridgehead atoms. The van der Waals surface area contributed by atoms with Crippen molar-refractivity contribution in [2.75, 3.05) is 13.7 Å². The van der Waals surface area contributed by atoms with E-state index in [9.17, 15) is 4.79 Å². The third-order valence-electron chi connectivity index (χ3n) is 4.90. The van der Waals surface area contributed by atoms with Crippen molar-refractivity contribution in [3.05, 3.63) is 59.2 Å². The van der Waals surface area contributed by atoms with Crippen molar-refractivity contribution < 1.29 is 14.3 Å². The Morgan fingerprint density at radius 1 is 1.12 bits per heavy atom. The van der Waals surface area contributed by atoms with Crippen LogP contribution in [0.25, 0.3) is 0 Å². The highest BCUT2D eigenvalue weighted by atomic mass is 16.5. The Kier molecular flexibility index (Phi) is 6.16. The Bertz CT molecular complexity index is 740. The molecule has 1 amide bonds. The van der Waals surface area contributed by atoms with Crippen LogP contribution in [0.3, 0.4) is 0 Å². The number of hydrogen-bond acceptors (Lipinski definition) is 3. The third-order valence-corrected chi connectivity index (χ3v) is 4.90. The van der Waals surface area contributed by atoms with Gasteiger partial charge in [0.05, 0.1) is 7.11 Å². The Balaban J connectivity index is 1.50. The molecule has 0 aliphatic heterocycles. The van der Waals surface area contributed by atoms with E-state index in [-0.39, 0.29) is 5.91 Å². The lowest BCUT2D eigenvalue weighted by Gasteiger charge is -2.22. The van der Waals surface area contributed by atoms with Gasteiger partial charge < -0.3 is 14.8 Å². The van der Waals surface area contributed by atoms with Gasteiger partial charge in [0.1, 0.15) is 11.5 Å². The first-order chi connectivity index (χ1) is 12.7. The number of carbonyl (C=O) groups is 1. The van der Waals surface area contributed by atoms with Gasteiger partial charge in [-0.3, -0.25) is 4.79 Å². The fourth-order valence-electron chi connectivity index (χ4n) is 3.37. The highest BCUT2D eigenvalue weighted by Gasteiger charge is 2.19. The average Bonchev–Trinajstić information content (AvgIpc) is 2.68. The molecule has 0 spiro atoms. The molecule has 0 saturated heterocycles. The molecule has 2 aromatic carbocycles. The highest BCUT2D eigenvalue weighted by Crippen LogP contribution is 2.30. The quantitative estimate of drug-likeness (QED) is 0.826. The smallest absolute Gasteiger partial charge is 0.260 e. The van der Waals surface area contributed by atoms with Crippen LogP contribution < -0.4 is 14.8 Å². The number of ether oxygens (including phenoxy) is 2. The Labute approximate surface area is 155 Å². The van der Waals surface area contributed by atoms with Crippen molar-refractivity contribution in [3.63, 3.8) is 0 Å². The molecule has 4 nitrogen and oxygen atoms in total. The summed E-state index contributed by atoms with van der Waals surface area (Å²) in [6, 6.07) is 14.1. The van der Waals surface area contributed by atoms with Crippen LogP contribution in [0.1, 0.15) is 36.5 Å². The van der Waals surface area contributed by atoms with Gasteiger partial charge in [0, 0.05) is 6.54 Å². The van der Waals surface area contributed by atoms with Crippen molar-refractivity contribution >= 4 is 5.91 Å². The van der Waals surface area contributed by atoms with E-state index < -0.39 is 6.10 Å². The molecule has 0 heterocycles. The number of fused-ring (bicyclic) bond motifs is 1. The molecule has 0 radical (unpaired) electrons. The van der Waals surface area contributed by atoms with Gasteiger partial charge in [0.15, 0.2) is 6.10 Å². The van der Waals surface area contributed by atoms with E-state index >= 15 is 0 Å². The average molecular weight is 353 g/mol. The van der Waals surface area contributed by atoms with Gasteiger partial charge in [-0.25, -0.2) is 0 Å². The maximum atomic E-state index is 12.4. The van der Waals surface area contributed by atoms with Crippen molar-refractivity contribution in [2.45, 2.75) is 45.1 Å². The van der Waals surface area contributed by atoms with E-state index in [1.54, 1.807) is 7.11 Å². The van der Waals surface area contributed by atoms with E-state index in [1.807, 2.05) is 43.3 Å². The van der Waals surface area contributed by atoms with E-state index in [4.69, 9.17) is 9.47 Å². The molecule has 1 N–H and O–H groups in total. The summed E-state index contributed by atoms with van der Waals surface area (Å²) in [5.41, 5.74) is 3.80. The Morgan fingerprint density at radius 3 is 2.65 bits per heavy atom. The highest BCUT2D eigenvalue weighted by molar-refractivity contribution is 5.80. The summed E-state index contributed by atoms with van der Waals surface area (Å²) >= 11 is 0. The molecule has 0 fully saturated rings. The lowest BCUT2D eigenvalue weighted by molar-refractivity contribution is -0.127. The molecule has 1 atom stereocenters. The van der Waals surface area contributed by atoms with Gasteiger partial charge in [-0.1, -0.05) is 24.3 Å². The van der Waals surface area contributed by atoms with Crippen LogP contribution in [0.2, 0.25) is 0 Å². The molecule has 0 saturated carbocycles.